The first kappa shape index (κ1) is 11.3. The van der Waals surface area contributed by atoms with Gasteiger partial charge in [-0.1, -0.05) is 18.2 Å². The minimum Gasteiger partial charge on any atom is -0.352 e. The van der Waals surface area contributed by atoms with Gasteiger partial charge < -0.3 is 5.32 Å². The summed E-state index contributed by atoms with van der Waals surface area (Å²) in [6, 6.07) is 6.26. The summed E-state index contributed by atoms with van der Waals surface area (Å²) < 4.78 is 13.3. The summed E-state index contributed by atoms with van der Waals surface area (Å²) in [5.41, 5.74) is 1.28. The third-order valence-electron chi connectivity index (χ3n) is 2.35. The summed E-state index contributed by atoms with van der Waals surface area (Å²) in [5, 5.41) is 9.11. The molecule has 4 nitrogen and oxygen atoms in total. The molecule has 88 valence electrons. The van der Waals surface area contributed by atoms with Crippen LogP contribution in [0.1, 0.15) is 11.1 Å². The fourth-order valence-corrected chi connectivity index (χ4v) is 1.45. The van der Waals surface area contributed by atoms with E-state index in [0.29, 0.717) is 12.1 Å². The topological polar surface area (TPSA) is 57.8 Å². The van der Waals surface area contributed by atoms with E-state index >= 15 is 0 Å². The van der Waals surface area contributed by atoms with Gasteiger partial charge >= 0.3 is 0 Å². The Bertz CT molecular complexity index is 496. The zero-order valence-corrected chi connectivity index (χ0v) is 9.11. The lowest BCUT2D eigenvalue weighted by Gasteiger charge is -2.04. The summed E-state index contributed by atoms with van der Waals surface area (Å²) in [7, 11) is 0. The molecule has 0 aliphatic carbocycles. The van der Waals surface area contributed by atoms with E-state index in [9.17, 15) is 9.18 Å². The zero-order valence-electron chi connectivity index (χ0n) is 9.11. The summed E-state index contributed by atoms with van der Waals surface area (Å²) >= 11 is 0. The first-order valence-corrected chi connectivity index (χ1v) is 5.23. The van der Waals surface area contributed by atoms with E-state index in [1.165, 1.54) is 6.07 Å². The number of halogens is 1. The predicted octanol–water partition coefficient (Wildman–Crippen LogP) is 1.41. The van der Waals surface area contributed by atoms with Gasteiger partial charge in [0, 0.05) is 18.3 Å². The summed E-state index contributed by atoms with van der Waals surface area (Å²) in [6.07, 6.45) is 3.37. The number of H-pyrrole nitrogens is 1. The van der Waals surface area contributed by atoms with Crippen LogP contribution in [0.2, 0.25) is 0 Å². The molecule has 0 saturated carbocycles. The number of nitrogens with one attached hydrogen (secondary N) is 2. The van der Waals surface area contributed by atoms with Crippen molar-refractivity contribution in [3.05, 3.63) is 53.6 Å². The van der Waals surface area contributed by atoms with Gasteiger partial charge in [0.15, 0.2) is 0 Å². The number of nitrogens with zero attached hydrogens (tertiary/aromatic N) is 1. The number of aromatic amines is 1. The Labute approximate surface area is 97.9 Å². The van der Waals surface area contributed by atoms with E-state index in [1.807, 2.05) is 0 Å². The monoisotopic (exact) mass is 233 g/mol. The van der Waals surface area contributed by atoms with Crippen LogP contribution in [0.4, 0.5) is 4.39 Å². The van der Waals surface area contributed by atoms with E-state index in [4.69, 9.17) is 0 Å². The van der Waals surface area contributed by atoms with Crippen LogP contribution < -0.4 is 5.32 Å². The number of hydrogen-bond donors (Lipinski definition) is 2. The molecule has 0 unspecified atom stereocenters. The van der Waals surface area contributed by atoms with Crippen LogP contribution in [-0.2, 0) is 17.8 Å². The summed E-state index contributed by atoms with van der Waals surface area (Å²) in [4.78, 5) is 11.6. The normalized spacial score (nSPS) is 10.2. The second kappa shape index (κ2) is 5.25. The molecule has 0 aliphatic heterocycles. The fraction of sp³-hybridized carbons (Fsp3) is 0.167. The average molecular weight is 233 g/mol. The molecule has 0 saturated heterocycles. The highest BCUT2D eigenvalue weighted by Gasteiger charge is 2.07. The van der Waals surface area contributed by atoms with Gasteiger partial charge in [0.2, 0.25) is 5.91 Å². The number of carbonyl (C=O) groups excluding carboxylic acids is 1. The molecular formula is C12H12FN3O. The van der Waals surface area contributed by atoms with Crippen LogP contribution >= 0.6 is 0 Å². The number of aromatic nitrogens is 2. The smallest absolute Gasteiger partial charge is 0.224 e. The molecule has 1 heterocycles. The molecule has 2 N–H and O–H groups in total. The van der Waals surface area contributed by atoms with Gasteiger partial charge in [0.25, 0.3) is 0 Å². The number of rotatable bonds is 4. The third kappa shape index (κ3) is 3.14. The van der Waals surface area contributed by atoms with Gasteiger partial charge in [0.05, 0.1) is 12.6 Å². The molecule has 0 spiro atoms. The molecule has 0 radical (unpaired) electrons. The van der Waals surface area contributed by atoms with Crippen LogP contribution in [0.3, 0.4) is 0 Å². The van der Waals surface area contributed by atoms with Crippen LogP contribution in [0.15, 0.2) is 36.7 Å². The van der Waals surface area contributed by atoms with Crippen molar-refractivity contribution < 1.29 is 9.18 Å². The van der Waals surface area contributed by atoms with Crippen molar-refractivity contribution in [1.82, 2.24) is 15.5 Å². The first-order valence-electron chi connectivity index (χ1n) is 5.23. The zero-order chi connectivity index (χ0) is 12.1. The number of hydrogen-bond acceptors (Lipinski definition) is 2. The van der Waals surface area contributed by atoms with Gasteiger partial charge in [-0.3, -0.25) is 9.89 Å². The Morgan fingerprint density at radius 2 is 2.24 bits per heavy atom. The van der Waals surface area contributed by atoms with E-state index in [2.05, 4.69) is 15.5 Å². The molecule has 2 aromatic rings. The standard InChI is InChI=1S/C12H12FN3O/c13-11-4-2-1-3-10(11)5-12(17)14-6-9-7-15-16-8-9/h1-4,7-8H,5-6H2,(H,14,17)(H,15,16). The quantitative estimate of drug-likeness (QED) is 0.838. The van der Waals surface area contributed by atoms with Crippen LogP contribution in [0.25, 0.3) is 0 Å². The van der Waals surface area contributed by atoms with Crippen LogP contribution in [0, 0.1) is 5.82 Å². The second-order valence-electron chi connectivity index (χ2n) is 3.65. The molecule has 0 aliphatic rings. The van der Waals surface area contributed by atoms with E-state index in [0.717, 1.165) is 5.56 Å². The molecule has 0 bridgehead atoms. The van der Waals surface area contributed by atoms with Gasteiger partial charge in [-0.25, -0.2) is 4.39 Å². The second-order valence-corrected chi connectivity index (χ2v) is 3.65. The average Bonchev–Trinajstić information content (AvgIpc) is 2.82. The van der Waals surface area contributed by atoms with Crippen molar-refractivity contribution in [1.29, 1.82) is 0 Å². The van der Waals surface area contributed by atoms with Crippen molar-refractivity contribution in [3.63, 3.8) is 0 Å². The fourth-order valence-electron chi connectivity index (χ4n) is 1.45. The van der Waals surface area contributed by atoms with Gasteiger partial charge in [-0.05, 0) is 11.6 Å². The molecule has 17 heavy (non-hydrogen) atoms. The first-order chi connectivity index (χ1) is 8.25. The van der Waals surface area contributed by atoms with Crippen molar-refractivity contribution in [2.45, 2.75) is 13.0 Å². The highest BCUT2D eigenvalue weighted by atomic mass is 19.1. The van der Waals surface area contributed by atoms with Crippen molar-refractivity contribution in [2.24, 2.45) is 0 Å². The summed E-state index contributed by atoms with van der Waals surface area (Å²) in [6.45, 7) is 0.393. The number of benzene rings is 1. The molecule has 1 amide bonds. The molecule has 0 atom stereocenters. The minimum absolute atomic E-state index is 0.0462. The van der Waals surface area contributed by atoms with Crippen LogP contribution in [-0.4, -0.2) is 16.1 Å². The maximum absolute atomic E-state index is 13.3. The Kier molecular flexibility index (Phi) is 3.49. The minimum atomic E-state index is -0.356. The molecule has 2 rings (SSSR count). The Hall–Kier alpha value is -2.17. The largest absolute Gasteiger partial charge is 0.352 e. The molecule has 1 aromatic heterocycles. The lowest BCUT2D eigenvalue weighted by atomic mass is 10.1. The highest BCUT2D eigenvalue weighted by molar-refractivity contribution is 5.78. The predicted molar refractivity (Wildman–Crippen MR) is 60.5 cm³/mol. The van der Waals surface area contributed by atoms with E-state index in [1.54, 1.807) is 30.6 Å². The molecule has 1 aromatic carbocycles. The molecule has 5 heteroatoms. The molecule has 0 fully saturated rings. The Morgan fingerprint density at radius 1 is 1.41 bits per heavy atom. The lowest BCUT2D eigenvalue weighted by Crippen LogP contribution is -2.24. The summed E-state index contributed by atoms with van der Waals surface area (Å²) in [5.74, 6) is -0.567. The van der Waals surface area contributed by atoms with E-state index < -0.39 is 0 Å². The third-order valence-corrected chi connectivity index (χ3v) is 2.35. The maximum Gasteiger partial charge on any atom is 0.224 e. The molecular weight excluding hydrogens is 221 g/mol. The van der Waals surface area contributed by atoms with Crippen molar-refractivity contribution in [3.8, 4) is 0 Å². The lowest BCUT2D eigenvalue weighted by molar-refractivity contribution is -0.120. The van der Waals surface area contributed by atoms with Crippen LogP contribution in [0.5, 0.6) is 0 Å². The maximum atomic E-state index is 13.3. The van der Waals surface area contributed by atoms with Crippen molar-refractivity contribution in [2.75, 3.05) is 0 Å². The van der Waals surface area contributed by atoms with Gasteiger partial charge in [-0.2, -0.15) is 5.10 Å². The Balaban J connectivity index is 1.87. The SMILES string of the molecule is O=C(Cc1ccccc1F)NCc1cn[nH]c1. The van der Waals surface area contributed by atoms with Gasteiger partial charge in [-0.15, -0.1) is 0 Å². The number of amides is 1. The number of carbonyl (C=O) groups is 1. The van der Waals surface area contributed by atoms with Gasteiger partial charge in [0.1, 0.15) is 5.82 Å². The van der Waals surface area contributed by atoms with E-state index in [-0.39, 0.29) is 18.1 Å². The Morgan fingerprint density at radius 3 is 2.94 bits per heavy atom. The van der Waals surface area contributed by atoms with Crippen molar-refractivity contribution >= 4 is 5.91 Å². The highest BCUT2D eigenvalue weighted by Crippen LogP contribution is 2.06.